The summed E-state index contributed by atoms with van der Waals surface area (Å²) < 4.78 is 68.8. The molecule has 35 heavy (non-hydrogen) atoms. The predicted molar refractivity (Wildman–Crippen MR) is 139 cm³/mol. The first-order valence-corrected chi connectivity index (χ1v) is 14.3. The number of hydrogen-bond donors (Lipinski definition) is 3. The summed E-state index contributed by atoms with van der Waals surface area (Å²) in [5.74, 6) is -0.238. The summed E-state index contributed by atoms with van der Waals surface area (Å²) in [5, 5.41) is 6.35. The fraction of sp³-hybridized carbons (Fsp3) is 0.520. The van der Waals surface area contributed by atoms with Crippen molar-refractivity contribution in [3.8, 4) is 0 Å². The van der Waals surface area contributed by atoms with Crippen LogP contribution in [0.4, 0.5) is 13.2 Å². The Morgan fingerprint density at radius 3 is 1.69 bits per heavy atom. The average molecular weight is 535 g/mol. The van der Waals surface area contributed by atoms with E-state index in [9.17, 15) is 21.6 Å². The molecular formula is C25H37F3N2O3S2. The molecule has 3 atom stereocenters. The van der Waals surface area contributed by atoms with Crippen LogP contribution in [0.2, 0.25) is 0 Å². The van der Waals surface area contributed by atoms with E-state index in [-0.39, 0.29) is 23.7 Å². The van der Waals surface area contributed by atoms with Crippen LogP contribution in [-0.4, -0.2) is 50.0 Å². The first-order valence-electron chi connectivity index (χ1n) is 11.3. The molecule has 0 fully saturated rings. The third-order valence-electron chi connectivity index (χ3n) is 5.40. The number of benzene rings is 2. The van der Waals surface area contributed by atoms with Crippen LogP contribution in [0.3, 0.4) is 0 Å². The normalized spacial score (nSPS) is 14.5. The van der Waals surface area contributed by atoms with Gasteiger partial charge < -0.3 is 15.2 Å². The topological polar surface area (TPSA) is 78.4 Å². The zero-order valence-electron chi connectivity index (χ0n) is 20.9. The lowest BCUT2D eigenvalue weighted by atomic mass is 9.94. The molecule has 2 rings (SSSR count). The van der Waals surface area contributed by atoms with Crippen LogP contribution in [-0.2, 0) is 33.0 Å². The second-order valence-corrected chi connectivity index (χ2v) is 11.8. The molecule has 0 radical (unpaired) electrons. The first kappa shape index (κ1) is 31.4. The summed E-state index contributed by atoms with van der Waals surface area (Å²) in [6.07, 6.45) is 1.20. The molecule has 0 amide bonds. The Kier molecular flexibility index (Phi) is 13.3. The van der Waals surface area contributed by atoms with E-state index in [1.54, 1.807) is 30.5 Å². The molecule has 3 unspecified atom stereocenters. The Morgan fingerprint density at radius 1 is 0.857 bits per heavy atom. The average Bonchev–Trinajstić information content (AvgIpc) is 2.76. The van der Waals surface area contributed by atoms with Gasteiger partial charge in [-0.05, 0) is 76.1 Å². The predicted octanol–water partition coefficient (Wildman–Crippen LogP) is 4.63. The van der Waals surface area contributed by atoms with Crippen LogP contribution >= 0.6 is 0 Å². The summed E-state index contributed by atoms with van der Waals surface area (Å²) >= 11 is -2.14. The summed E-state index contributed by atoms with van der Waals surface area (Å²) in [6, 6.07) is 12.5. The number of nitrogens with one attached hydrogen (secondary N) is 2. The van der Waals surface area contributed by atoms with Crippen molar-refractivity contribution in [1.29, 1.82) is 0 Å². The van der Waals surface area contributed by atoms with E-state index < -0.39 is 39.3 Å². The van der Waals surface area contributed by atoms with Gasteiger partial charge in [0.15, 0.2) is 11.1 Å². The zero-order valence-corrected chi connectivity index (χ0v) is 22.6. The van der Waals surface area contributed by atoms with Gasteiger partial charge >= 0.3 is 0 Å². The Hall–Kier alpha value is -1.59. The van der Waals surface area contributed by atoms with Crippen molar-refractivity contribution in [2.75, 3.05) is 30.9 Å². The summed E-state index contributed by atoms with van der Waals surface area (Å²) in [6.45, 7) is 8.57. The standard InChI is InChI=1S/C13H20FNOS.C12H17F2NO2S/c1-13(2,15-9-4-10-17(3)16)11-5-7-12(14)8-6-11;1-12(2,9-3-5-10(13)6-4-9)15-7-11(14)8-18(16)17/h5-8,15H,4,9-10H2,1-3H3;3-6,11,15H,7-8H2,1-2H3,(H,16,17). The molecule has 198 valence electrons. The van der Waals surface area contributed by atoms with E-state index in [4.69, 9.17) is 4.55 Å². The molecule has 0 aliphatic heterocycles. The number of hydrogen-bond acceptors (Lipinski definition) is 4. The third-order valence-corrected chi connectivity index (χ3v) is 6.91. The molecule has 0 saturated heterocycles. The molecule has 0 heterocycles. The van der Waals surface area contributed by atoms with Crippen LogP contribution in [0, 0.1) is 11.6 Å². The maximum atomic E-state index is 13.3. The van der Waals surface area contributed by atoms with Crippen molar-refractivity contribution >= 4 is 21.9 Å². The second kappa shape index (κ2) is 14.8. The SMILES string of the molecule is CC(C)(NCC(F)CS(=O)O)c1ccc(F)cc1.CS(=O)CCCNC(C)(C)c1ccc(F)cc1. The van der Waals surface area contributed by atoms with Gasteiger partial charge in [0.05, 0.1) is 5.75 Å². The van der Waals surface area contributed by atoms with Crippen molar-refractivity contribution in [2.24, 2.45) is 0 Å². The third kappa shape index (κ3) is 12.8. The van der Waals surface area contributed by atoms with E-state index in [0.717, 1.165) is 24.1 Å². The lowest BCUT2D eigenvalue weighted by Gasteiger charge is -2.27. The number of halogens is 3. The molecule has 5 nitrogen and oxygen atoms in total. The van der Waals surface area contributed by atoms with Crippen molar-refractivity contribution in [3.63, 3.8) is 0 Å². The van der Waals surface area contributed by atoms with Gasteiger partial charge in [0.2, 0.25) is 0 Å². The van der Waals surface area contributed by atoms with E-state index in [2.05, 4.69) is 24.5 Å². The first-order chi connectivity index (χ1) is 16.2. The molecule has 0 saturated carbocycles. The molecule has 0 aliphatic carbocycles. The van der Waals surface area contributed by atoms with Gasteiger partial charge in [-0.2, -0.15) is 0 Å². The maximum Gasteiger partial charge on any atom is 0.155 e. The lowest BCUT2D eigenvalue weighted by Crippen LogP contribution is -2.41. The quantitative estimate of drug-likeness (QED) is 0.273. The Morgan fingerprint density at radius 2 is 1.29 bits per heavy atom. The molecule has 2 aromatic carbocycles. The molecule has 3 N–H and O–H groups in total. The van der Waals surface area contributed by atoms with Crippen LogP contribution in [0.15, 0.2) is 48.5 Å². The largest absolute Gasteiger partial charge is 0.308 e. The second-order valence-electron chi connectivity index (χ2n) is 9.29. The number of rotatable bonds is 12. The fourth-order valence-corrected chi connectivity index (χ4v) is 4.17. The minimum atomic E-state index is -2.14. The van der Waals surface area contributed by atoms with Gasteiger partial charge in [0.1, 0.15) is 17.8 Å². The highest BCUT2D eigenvalue weighted by atomic mass is 32.2. The van der Waals surface area contributed by atoms with E-state index in [1.165, 1.54) is 24.3 Å². The monoisotopic (exact) mass is 534 g/mol. The Labute approximate surface area is 212 Å². The molecule has 0 aromatic heterocycles. The highest BCUT2D eigenvalue weighted by Crippen LogP contribution is 2.21. The molecule has 0 bridgehead atoms. The fourth-order valence-electron chi connectivity index (χ4n) is 3.19. The molecule has 0 spiro atoms. The molecule has 0 aliphatic rings. The molecular weight excluding hydrogens is 497 g/mol. The van der Waals surface area contributed by atoms with Crippen LogP contribution in [0.5, 0.6) is 0 Å². The Bertz CT molecular complexity index is 940. The van der Waals surface area contributed by atoms with E-state index >= 15 is 0 Å². The van der Waals surface area contributed by atoms with Crippen LogP contribution in [0.25, 0.3) is 0 Å². The minimum absolute atomic E-state index is 0.0311. The number of alkyl halides is 1. The Balaban J connectivity index is 0.000000351. The smallest absolute Gasteiger partial charge is 0.155 e. The minimum Gasteiger partial charge on any atom is -0.308 e. The summed E-state index contributed by atoms with van der Waals surface area (Å²) in [5.41, 5.74) is 1.15. The van der Waals surface area contributed by atoms with Crippen LogP contribution < -0.4 is 10.6 Å². The summed E-state index contributed by atoms with van der Waals surface area (Å²) in [4.78, 5) is 0. The van der Waals surface area contributed by atoms with E-state index in [1.807, 2.05) is 13.8 Å². The van der Waals surface area contributed by atoms with Gasteiger partial charge in [-0.1, -0.05) is 24.3 Å². The van der Waals surface area contributed by atoms with Crippen molar-refractivity contribution < 1.29 is 26.1 Å². The zero-order chi connectivity index (χ0) is 26.6. The molecule has 10 heteroatoms. The van der Waals surface area contributed by atoms with Crippen molar-refractivity contribution in [3.05, 3.63) is 71.3 Å². The molecule has 2 aromatic rings. The summed E-state index contributed by atoms with van der Waals surface area (Å²) in [7, 11) is -0.731. The highest BCUT2D eigenvalue weighted by molar-refractivity contribution is 7.84. The van der Waals surface area contributed by atoms with Gasteiger partial charge in [-0.15, -0.1) is 0 Å². The van der Waals surface area contributed by atoms with Gasteiger partial charge in [0.25, 0.3) is 0 Å². The lowest BCUT2D eigenvalue weighted by molar-refractivity contribution is 0.297. The van der Waals surface area contributed by atoms with Gasteiger partial charge in [0, 0.05) is 40.4 Å². The van der Waals surface area contributed by atoms with Gasteiger partial charge in [-0.3, -0.25) is 4.21 Å². The van der Waals surface area contributed by atoms with Gasteiger partial charge in [-0.25, -0.2) is 17.4 Å². The van der Waals surface area contributed by atoms with Crippen LogP contribution in [0.1, 0.15) is 45.2 Å². The highest BCUT2D eigenvalue weighted by Gasteiger charge is 2.22. The van der Waals surface area contributed by atoms with E-state index in [0.29, 0.717) is 5.75 Å². The van der Waals surface area contributed by atoms with Crippen molar-refractivity contribution in [2.45, 2.75) is 51.4 Å². The maximum absolute atomic E-state index is 13.3. The van der Waals surface area contributed by atoms with Crippen molar-refractivity contribution in [1.82, 2.24) is 10.6 Å².